The molecule has 0 bridgehead atoms. The lowest BCUT2D eigenvalue weighted by Gasteiger charge is -1.97. The van der Waals surface area contributed by atoms with Gasteiger partial charge in [-0.1, -0.05) is 6.07 Å². The van der Waals surface area contributed by atoms with Crippen molar-refractivity contribution < 1.29 is 0 Å². The minimum absolute atomic E-state index is 0.863. The van der Waals surface area contributed by atoms with E-state index in [1.165, 1.54) is 0 Å². The van der Waals surface area contributed by atoms with Gasteiger partial charge in [-0.05, 0) is 11.4 Å². The predicted molar refractivity (Wildman–Crippen MR) is 59.6 cm³/mol. The Morgan fingerprint density at radius 1 is 1.27 bits per heavy atom. The summed E-state index contributed by atoms with van der Waals surface area (Å²) in [4.78, 5) is 13.9. The summed E-state index contributed by atoms with van der Waals surface area (Å²) < 4.78 is 1.90. The van der Waals surface area contributed by atoms with Crippen LogP contribution in [0.4, 0.5) is 0 Å². The van der Waals surface area contributed by atoms with Gasteiger partial charge in [0.2, 0.25) is 0 Å². The van der Waals surface area contributed by atoms with Crippen molar-refractivity contribution in [3.63, 3.8) is 0 Å². The van der Waals surface area contributed by atoms with E-state index in [0.29, 0.717) is 0 Å². The Bertz CT molecular complexity index is 597. The third kappa shape index (κ3) is 1.24. The highest BCUT2D eigenvalue weighted by Gasteiger charge is 2.10. The Morgan fingerprint density at radius 3 is 3.00 bits per heavy atom. The number of nitrogens with zero attached hydrogens (tertiary/aromatic N) is 4. The molecule has 0 amide bonds. The summed E-state index contributed by atoms with van der Waals surface area (Å²) in [6.45, 7) is 0. The number of imidazole rings is 1. The van der Waals surface area contributed by atoms with Gasteiger partial charge in [-0.25, -0.2) is 15.0 Å². The molecule has 4 nitrogen and oxygen atoms in total. The summed E-state index contributed by atoms with van der Waals surface area (Å²) in [5.41, 5.74) is 2.64. The lowest BCUT2D eigenvalue weighted by Crippen LogP contribution is -1.90. The Labute approximate surface area is 90.3 Å². The van der Waals surface area contributed by atoms with Crippen LogP contribution in [0.5, 0.6) is 0 Å². The first-order valence-corrected chi connectivity index (χ1v) is 5.40. The van der Waals surface area contributed by atoms with Crippen molar-refractivity contribution in [3.8, 4) is 10.6 Å². The second-order valence-electron chi connectivity index (χ2n) is 3.23. The number of fused-ring (bicyclic) bond motifs is 1. The fraction of sp³-hybridized carbons (Fsp3) is 0.100. The lowest BCUT2D eigenvalue weighted by molar-refractivity contribution is 0.928. The summed E-state index contributed by atoms with van der Waals surface area (Å²) in [6, 6.07) is 4.05. The topological polar surface area (TPSA) is 43.6 Å². The molecule has 3 aromatic heterocycles. The van der Waals surface area contributed by atoms with E-state index in [1.807, 2.05) is 29.1 Å². The van der Waals surface area contributed by atoms with E-state index in [2.05, 4.69) is 15.0 Å². The van der Waals surface area contributed by atoms with E-state index >= 15 is 0 Å². The van der Waals surface area contributed by atoms with Crippen molar-refractivity contribution >= 4 is 22.5 Å². The monoisotopic (exact) mass is 216 g/mol. The van der Waals surface area contributed by atoms with Crippen LogP contribution in [0.15, 0.2) is 30.2 Å². The van der Waals surface area contributed by atoms with E-state index in [9.17, 15) is 0 Å². The van der Waals surface area contributed by atoms with Crippen LogP contribution in [0.1, 0.15) is 0 Å². The lowest BCUT2D eigenvalue weighted by atomic mass is 10.3. The second-order valence-corrected chi connectivity index (χ2v) is 4.17. The largest absolute Gasteiger partial charge is 0.318 e. The van der Waals surface area contributed by atoms with Crippen molar-refractivity contribution in [2.24, 2.45) is 7.05 Å². The minimum atomic E-state index is 0.863. The Balaban J connectivity index is 2.36. The Hall–Kier alpha value is -1.75. The number of aryl methyl sites for hydroxylation is 1. The molecule has 5 heteroatoms. The molecule has 3 heterocycles. The SMILES string of the molecule is Cn1cnc2c(-c3cccs3)ncnc21. The fourth-order valence-electron chi connectivity index (χ4n) is 1.54. The zero-order valence-electron chi connectivity index (χ0n) is 8.08. The number of thiophene rings is 1. The molecule has 0 unspecified atom stereocenters. The molecule has 0 fully saturated rings. The molecule has 0 aliphatic carbocycles. The van der Waals surface area contributed by atoms with Gasteiger partial charge < -0.3 is 4.57 Å². The average molecular weight is 216 g/mol. The van der Waals surface area contributed by atoms with Crippen LogP contribution in [0, 0.1) is 0 Å². The predicted octanol–water partition coefficient (Wildman–Crippen LogP) is 2.09. The standard InChI is InChI=1S/C10H8N4S/c1-14-6-13-9-8(7-3-2-4-15-7)11-5-12-10(9)14/h2-6H,1H3. The molecule has 0 N–H and O–H groups in total. The van der Waals surface area contributed by atoms with Crippen LogP contribution in [-0.2, 0) is 7.05 Å². The Kier molecular flexibility index (Phi) is 1.78. The van der Waals surface area contributed by atoms with Gasteiger partial charge in [-0.2, -0.15) is 0 Å². The number of hydrogen-bond donors (Lipinski definition) is 0. The molecule has 3 rings (SSSR count). The van der Waals surface area contributed by atoms with Gasteiger partial charge in [0, 0.05) is 7.05 Å². The maximum Gasteiger partial charge on any atom is 0.163 e. The molecule has 0 saturated heterocycles. The minimum Gasteiger partial charge on any atom is -0.318 e. The molecule has 3 aromatic rings. The molecule has 0 aromatic carbocycles. The molecule has 74 valence electrons. The zero-order valence-corrected chi connectivity index (χ0v) is 8.90. The van der Waals surface area contributed by atoms with Crippen molar-refractivity contribution in [1.82, 2.24) is 19.5 Å². The van der Waals surface area contributed by atoms with Crippen molar-refractivity contribution in [2.75, 3.05) is 0 Å². The van der Waals surface area contributed by atoms with Gasteiger partial charge >= 0.3 is 0 Å². The van der Waals surface area contributed by atoms with E-state index in [1.54, 1.807) is 24.0 Å². The van der Waals surface area contributed by atoms with Gasteiger partial charge in [0.15, 0.2) is 5.65 Å². The van der Waals surface area contributed by atoms with Crippen molar-refractivity contribution in [2.45, 2.75) is 0 Å². The van der Waals surface area contributed by atoms with Crippen LogP contribution in [0.2, 0.25) is 0 Å². The van der Waals surface area contributed by atoms with Crippen molar-refractivity contribution in [1.29, 1.82) is 0 Å². The maximum atomic E-state index is 4.32. The highest BCUT2D eigenvalue weighted by Crippen LogP contribution is 2.27. The quantitative estimate of drug-likeness (QED) is 0.625. The molecule has 0 atom stereocenters. The fourth-order valence-corrected chi connectivity index (χ4v) is 2.26. The van der Waals surface area contributed by atoms with Crippen LogP contribution in [-0.4, -0.2) is 19.5 Å². The normalized spacial score (nSPS) is 11.0. The zero-order chi connectivity index (χ0) is 10.3. The molecule has 0 spiro atoms. The molecule has 0 aliphatic rings. The van der Waals surface area contributed by atoms with Gasteiger partial charge in [-0.3, -0.25) is 0 Å². The molecular weight excluding hydrogens is 208 g/mol. The van der Waals surface area contributed by atoms with Crippen LogP contribution in [0.3, 0.4) is 0 Å². The molecule has 0 radical (unpaired) electrons. The molecule has 15 heavy (non-hydrogen) atoms. The summed E-state index contributed by atoms with van der Waals surface area (Å²) in [6.07, 6.45) is 3.34. The van der Waals surface area contributed by atoms with E-state index in [-0.39, 0.29) is 0 Å². The highest BCUT2D eigenvalue weighted by atomic mass is 32.1. The smallest absolute Gasteiger partial charge is 0.163 e. The first-order valence-electron chi connectivity index (χ1n) is 4.52. The summed E-state index contributed by atoms with van der Waals surface area (Å²) in [7, 11) is 1.93. The van der Waals surface area contributed by atoms with Crippen LogP contribution < -0.4 is 0 Å². The van der Waals surface area contributed by atoms with Crippen LogP contribution >= 0.6 is 11.3 Å². The average Bonchev–Trinajstić information content (AvgIpc) is 2.88. The summed E-state index contributed by atoms with van der Waals surface area (Å²) in [5, 5.41) is 2.03. The molecule has 0 saturated carbocycles. The third-order valence-electron chi connectivity index (χ3n) is 2.25. The summed E-state index contributed by atoms with van der Waals surface area (Å²) in [5.74, 6) is 0. The van der Waals surface area contributed by atoms with E-state index < -0.39 is 0 Å². The van der Waals surface area contributed by atoms with Gasteiger partial charge in [-0.15, -0.1) is 11.3 Å². The number of rotatable bonds is 1. The number of aromatic nitrogens is 4. The first-order chi connectivity index (χ1) is 7.36. The third-order valence-corrected chi connectivity index (χ3v) is 3.13. The second kappa shape index (κ2) is 3.13. The van der Waals surface area contributed by atoms with Crippen molar-refractivity contribution in [3.05, 3.63) is 30.2 Å². The highest BCUT2D eigenvalue weighted by molar-refractivity contribution is 7.13. The van der Waals surface area contributed by atoms with Gasteiger partial charge in [0.25, 0.3) is 0 Å². The van der Waals surface area contributed by atoms with E-state index in [0.717, 1.165) is 21.7 Å². The molecule has 0 aliphatic heterocycles. The Morgan fingerprint density at radius 2 is 2.20 bits per heavy atom. The maximum absolute atomic E-state index is 4.32. The number of hydrogen-bond acceptors (Lipinski definition) is 4. The molecular formula is C10H8N4S. The van der Waals surface area contributed by atoms with E-state index in [4.69, 9.17) is 0 Å². The van der Waals surface area contributed by atoms with Gasteiger partial charge in [0.1, 0.15) is 17.5 Å². The van der Waals surface area contributed by atoms with Gasteiger partial charge in [0.05, 0.1) is 11.2 Å². The van der Waals surface area contributed by atoms with Crippen LogP contribution in [0.25, 0.3) is 21.7 Å². The summed E-state index contributed by atoms with van der Waals surface area (Å²) >= 11 is 1.66. The first kappa shape index (κ1) is 8.55.